The van der Waals surface area contributed by atoms with E-state index in [1.165, 1.54) is 0 Å². The van der Waals surface area contributed by atoms with Crippen LogP contribution in [-0.4, -0.2) is 18.8 Å². The van der Waals surface area contributed by atoms with Crippen LogP contribution in [0.3, 0.4) is 0 Å². The van der Waals surface area contributed by atoms with Gasteiger partial charge in [-0.15, -0.1) is 0 Å². The third-order valence-corrected chi connectivity index (χ3v) is 0. The van der Waals surface area contributed by atoms with E-state index in [-0.39, 0.29) is 44.8 Å². The first-order valence-electron chi connectivity index (χ1n) is 0.651. The minimum atomic E-state index is -3.13. The molecule has 0 aromatic heterocycles. The topological polar surface area (TPSA) is 57.5 Å². The van der Waals surface area contributed by atoms with Crippen LogP contribution in [0.15, 0.2) is 0 Å². The van der Waals surface area contributed by atoms with Crippen LogP contribution in [0.25, 0.3) is 0 Å². The van der Waals surface area contributed by atoms with Crippen LogP contribution < -0.4 is 0 Å². The monoisotopic (exact) mass is 292 g/mol. The molecule has 0 bridgehead atoms. The van der Waals surface area contributed by atoms with Crippen molar-refractivity contribution in [2.45, 2.75) is 0 Å². The van der Waals surface area contributed by atoms with Crippen LogP contribution in [0, 0.1) is 0 Å². The molecule has 0 unspecified atom stereocenters. The van der Waals surface area contributed by atoms with Crippen molar-refractivity contribution in [3.05, 3.63) is 0 Å². The van der Waals surface area contributed by atoms with Gasteiger partial charge in [0.25, 0.3) is 0 Å². The minimum Gasteiger partial charge on any atom is -0.511 e. The zero-order chi connectivity index (χ0) is 3.58. The molecule has 0 atom stereocenters. The first kappa shape index (κ1) is 15.7. The van der Waals surface area contributed by atoms with E-state index in [0.29, 0.717) is 0 Å². The summed E-state index contributed by atoms with van der Waals surface area (Å²) in [5.41, 5.74) is 0. The molecule has 0 rings (SSSR count). The van der Waals surface area contributed by atoms with Gasteiger partial charge in [-0.25, -0.2) is 0 Å². The van der Waals surface area contributed by atoms with Gasteiger partial charge in [-0.3, -0.25) is 4.46 Å². The summed E-state index contributed by atoms with van der Waals surface area (Å²) in [5.74, 6) is 0. The molecule has 2 radical (unpaired) electrons. The second-order valence-corrected chi connectivity index (χ2v) is 0.848. The summed E-state index contributed by atoms with van der Waals surface area (Å²) < 4.78 is 8.74. The van der Waals surface area contributed by atoms with Crippen LogP contribution in [0.4, 0.5) is 0 Å². The van der Waals surface area contributed by atoms with E-state index in [2.05, 4.69) is 0 Å². The van der Waals surface area contributed by atoms with E-state index in [1.807, 2.05) is 0 Å². The average molecular weight is 294 g/mol. The minimum absolute atomic E-state index is 0. The van der Waals surface area contributed by atoms with E-state index in [0.717, 1.165) is 0 Å². The Balaban J connectivity index is -0.0000000450. The average Bonchev–Trinajstić information content (AvgIpc) is 0.811. The van der Waals surface area contributed by atoms with Crippen LogP contribution in [0.1, 0.15) is 0 Å². The molecule has 0 aromatic rings. The molecule has 0 saturated heterocycles. The maximum atomic E-state index is 8.74. The molecule has 6 heteroatoms. The fourth-order valence-corrected chi connectivity index (χ4v) is 0. The molecule has 46 valence electrons. The molecule has 3 nitrogen and oxygen atoms in total. The molecule has 0 saturated carbocycles. The summed E-state index contributed by atoms with van der Waals surface area (Å²) in [7, 11) is -3.13. The van der Waals surface area contributed by atoms with Gasteiger partial charge in [0.05, 0.1) is 0 Å². The molecule has 0 fully saturated rings. The summed E-state index contributed by atoms with van der Waals surface area (Å²) in [4.78, 5) is 14.3. The largest absolute Gasteiger partial charge is 0.761 e. The van der Waals surface area contributed by atoms with Gasteiger partial charge in [0, 0.05) is 44.8 Å². The first-order valence-corrected chi connectivity index (χ1v) is 1.95. The van der Waals surface area contributed by atoms with Gasteiger partial charge >= 0.3 is 9.17 Å². The Labute approximate surface area is 67.7 Å². The third-order valence-electron chi connectivity index (χ3n) is 0. The van der Waals surface area contributed by atoms with Gasteiger partial charge in [-0.05, 0) is 0 Å². The number of hydrogen-bond acceptors (Lipinski definition) is 1. The van der Waals surface area contributed by atoms with Gasteiger partial charge in [0.2, 0.25) is 0 Å². The maximum Gasteiger partial charge on any atom is 0.761 e. The van der Waals surface area contributed by atoms with E-state index in [4.69, 9.17) is 14.1 Å². The van der Waals surface area contributed by atoms with Crippen molar-refractivity contribution < 1.29 is 58.8 Å². The van der Waals surface area contributed by atoms with E-state index >= 15 is 0 Å². The first-order chi connectivity index (χ1) is 1.73. The van der Waals surface area contributed by atoms with Gasteiger partial charge in [-0.2, -0.15) is 0 Å². The predicted molar refractivity (Wildman–Crippen MR) is 10.9 cm³/mol. The van der Waals surface area contributed by atoms with Crippen molar-refractivity contribution in [1.82, 2.24) is 0 Å². The van der Waals surface area contributed by atoms with Crippen LogP contribution in [-0.2, 0) is 49.2 Å². The second kappa shape index (κ2) is 9.44. The van der Waals surface area contributed by atoms with Crippen molar-refractivity contribution >= 4 is 9.17 Å². The number of hydrogen-bond donors (Lipinski definition) is 2. The molecule has 0 amide bonds. The Bertz CT molecular complexity index is 31.8. The SMILES string of the molecule is O=[Si](O)O.[Ag].[Ag]. The van der Waals surface area contributed by atoms with Gasteiger partial charge in [0.15, 0.2) is 0 Å². The Kier molecular flexibility index (Phi) is 24.7. The van der Waals surface area contributed by atoms with Crippen LogP contribution in [0.5, 0.6) is 0 Å². The summed E-state index contributed by atoms with van der Waals surface area (Å²) in [6.45, 7) is 0. The van der Waals surface area contributed by atoms with Gasteiger partial charge < -0.3 is 9.59 Å². The summed E-state index contributed by atoms with van der Waals surface area (Å²) in [6, 6.07) is 0. The molecule has 0 heterocycles. The summed E-state index contributed by atoms with van der Waals surface area (Å²) in [5, 5.41) is 0. The Morgan fingerprint density at radius 1 is 1.17 bits per heavy atom. The quantitative estimate of drug-likeness (QED) is 0.528. The Morgan fingerprint density at radius 3 is 1.17 bits per heavy atom. The molecule has 0 spiro atoms. The van der Waals surface area contributed by atoms with E-state index < -0.39 is 9.17 Å². The third kappa shape index (κ3) is 71.1. The molecule has 0 aliphatic rings. The summed E-state index contributed by atoms with van der Waals surface area (Å²) >= 11 is 0. The summed E-state index contributed by atoms with van der Waals surface area (Å²) in [6.07, 6.45) is 0. The van der Waals surface area contributed by atoms with Crippen LogP contribution >= 0.6 is 0 Å². The fraction of sp³-hybridized carbons (Fsp3) is 0. The van der Waals surface area contributed by atoms with Crippen molar-refractivity contribution in [3.8, 4) is 0 Å². The second-order valence-electron chi connectivity index (χ2n) is 0.283. The Hall–Kier alpha value is 1.10. The van der Waals surface area contributed by atoms with E-state index in [9.17, 15) is 0 Å². The smallest absolute Gasteiger partial charge is 0.511 e. The van der Waals surface area contributed by atoms with Gasteiger partial charge in [-0.1, -0.05) is 0 Å². The zero-order valence-electron chi connectivity index (χ0n) is 2.41. The van der Waals surface area contributed by atoms with Crippen molar-refractivity contribution in [3.63, 3.8) is 0 Å². The normalized spacial score (nSPS) is 4.00. The fourth-order valence-electron chi connectivity index (χ4n) is 0. The predicted octanol–water partition coefficient (Wildman–Crippen LogP) is -1.62. The van der Waals surface area contributed by atoms with Crippen molar-refractivity contribution in [1.29, 1.82) is 0 Å². The molecule has 0 aromatic carbocycles. The molecule has 6 heavy (non-hydrogen) atoms. The Morgan fingerprint density at radius 2 is 1.17 bits per heavy atom. The molecular formula is H2Ag2O3Si. The van der Waals surface area contributed by atoms with E-state index in [1.54, 1.807) is 0 Å². The maximum absolute atomic E-state index is 8.74. The molecule has 0 aliphatic heterocycles. The molecule has 2 N–H and O–H groups in total. The number of rotatable bonds is 0. The van der Waals surface area contributed by atoms with Crippen molar-refractivity contribution in [2.75, 3.05) is 0 Å². The van der Waals surface area contributed by atoms with Crippen molar-refractivity contribution in [2.24, 2.45) is 0 Å². The van der Waals surface area contributed by atoms with Crippen LogP contribution in [0.2, 0.25) is 0 Å². The molecular weight excluding hydrogens is 292 g/mol. The zero-order valence-corrected chi connectivity index (χ0v) is 6.37. The molecule has 0 aliphatic carbocycles. The van der Waals surface area contributed by atoms with Gasteiger partial charge in [0.1, 0.15) is 0 Å². The standard InChI is InChI=1S/2Ag.H2O3Si/c;;1-4(2)3/h;;1-2H.